The first kappa shape index (κ1) is 12.9. The minimum absolute atomic E-state index is 0.241. The summed E-state index contributed by atoms with van der Waals surface area (Å²) in [6, 6.07) is 0.506. The SMILES string of the molecule is CNC(CN1CCCC(C)C1=O)C1CCCC1. The fraction of sp³-hybridized carbons (Fsp3) is 0.929. The standard InChI is InChI=1S/C14H26N2O/c1-11-6-5-9-16(14(11)17)10-13(15-2)12-7-3-4-8-12/h11-13,15H,3-10H2,1-2H3. The predicted molar refractivity (Wildman–Crippen MR) is 69.8 cm³/mol. The van der Waals surface area contributed by atoms with Crippen molar-refractivity contribution >= 4 is 5.91 Å². The topological polar surface area (TPSA) is 32.3 Å². The molecule has 0 aromatic heterocycles. The zero-order chi connectivity index (χ0) is 12.3. The maximum absolute atomic E-state index is 12.1. The first-order chi connectivity index (χ1) is 8.22. The van der Waals surface area contributed by atoms with Crippen molar-refractivity contribution in [1.82, 2.24) is 10.2 Å². The number of hydrogen-bond acceptors (Lipinski definition) is 2. The molecule has 1 heterocycles. The fourth-order valence-corrected chi connectivity index (χ4v) is 3.39. The van der Waals surface area contributed by atoms with Crippen molar-refractivity contribution in [2.24, 2.45) is 11.8 Å². The van der Waals surface area contributed by atoms with Crippen LogP contribution in [0, 0.1) is 11.8 Å². The Morgan fingerprint density at radius 3 is 2.65 bits per heavy atom. The molecule has 0 aromatic carbocycles. The number of likely N-dealkylation sites (N-methyl/N-ethyl adjacent to an activating group) is 1. The molecule has 1 saturated heterocycles. The summed E-state index contributed by atoms with van der Waals surface area (Å²) in [7, 11) is 2.04. The lowest BCUT2D eigenvalue weighted by Crippen LogP contribution is -2.49. The number of piperidine rings is 1. The molecule has 3 heteroatoms. The first-order valence-corrected chi connectivity index (χ1v) is 7.18. The molecule has 0 radical (unpaired) electrons. The van der Waals surface area contributed by atoms with Gasteiger partial charge in [0.1, 0.15) is 0 Å². The highest BCUT2D eigenvalue weighted by atomic mass is 16.2. The van der Waals surface area contributed by atoms with Crippen molar-refractivity contribution in [2.45, 2.75) is 51.5 Å². The Balaban J connectivity index is 1.90. The molecule has 0 spiro atoms. The molecule has 1 aliphatic heterocycles. The van der Waals surface area contributed by atoms with E-state index in [-0.39, 0.29) is 5.92 Å². The molecule has 2 rings (SSSR count). The van der Waals surface area contributed by atoms with E-state index in [0.29, 0.717) is 11.9 Å². The zero-order valence-corrected chi connectivity index (χ0v) is 11.2. The normalized spacial score (nSPS) is 28.7. The van der Waals surface area contributed by atoms with E-state index in [9.17, 15) is 4.79 Å². The second-order valence-electron chi connectivity index (χ2n) is 5.77. The van der Waals surface area contributed by atoms with E-state index in [1.807, 2.05) is 7.05 Å². The fourth-order valence-electron chi connectivity index (χ4n) is 3.39. The number of nitrogens with zero attached hydrogens (tertiary/aromatic N) is 1. The minimum Gasteiger partial charge on any atom is -0.341 e. The summed E-state index contributed by atoms with van der Waals surface area (Å²) in [5, 5.41) is 3.43. The highest BCUT2D eigenvalue weighted by Gasteiger charge is 2.30. The van der Waals surface area contributed by atoms with Gasteiger partial charge >= 0.3 is 0 Å². The maximum Gasteiger partial charge on any atom is 0.225 e. The summed E-state index contributed by atoms with van der Waals surface area (Å²) >= 11 is 0. The van der Waals surface area contributed by atoms with E-state index in [0.717, 1.165) is 25.4 Å². The Labute approximate surface area is 105 Å². The van der Waals surface area contributed by atoms with Gasteiger partial charge < -0.3 is 10.2 Å². The van der Waals surface area contributed by atoms with Crippen LogP contribution in [-0.2, 0) is 4.79 Å². The van der Waals surface area contributed by atoms with Crippen LogP contribution in [0.2, 0.25) is 0 Å². The van der Waals surface area contributed by atoms with Crippen LogP contribution >= 0.6 is 0 Å². The van der Waals surface area contributed by atoms with Gasteiger partial charge in [0.2, 0.25) is 5.91 Å². The molecule has 2 unspecified atom stereocenters. The lowest BCUT2D eigenvalue weighted by Gasteiger charge is -2.35. The van der Waals surface area contributed by atoms with Gasteiger partial charge in [-0.1, -0.05) is 19.8 Å². The Kier molecular flexibility index (Phi) is 4.43. The molecule has 0 aromatic rings. The van der Waals surface area contributed by atoms with Crippen LogP contribution in [0.4, 0.5) is 0 Å². The van der Waals surface area contributed by atoms with E-state index >= 15 is 0 Å². The first-order valence-electron chi connectivity index (χ1n) is 7.18. The van der Waals surface area contributed by atoms with E-state index in [4.69, 9.17) is 0 Å². The summed E-state index contributed by atoms with van der Waals surface area (Å²) in [4.78, 5) is 14.2. The molecule has 98 valence electrons. The van der Waals surface area contributed by atoms with E-state index in [2.05, 4.69) is 17.1 Å². The predicted octanol–water partition coefficient (Wildman–Crippen LogP) is 2.02. The van der Waals surface area contributed by atoms with Crippen LogP contribution in [0.1, 0.15) is 45.4 Å². The molecular weight excluding hydrogens is 212 g/mol. The zero-order valence-electron chi connectivity index (χ0n) is 11.2. The number of likely N-dealkylation sites (tertiary alicyclic amines) is 1. The maximum atomic E-state index is 12.1. The van der Waals surface area contributed by atoms with Gasteiger partial charge in [-0.3, -0.25) is 4.79 Å². The van der Waals surface area contributed by atoms with E-state index in [1.165, 1.54) is 32.1 Å². The van der Waals surface area contributed by atoms with Crippen LogP contribution in [0.15, 0.2) is 0 Å². The van der Waals surface area contributed by atoms with Gasteiger partial charge in [0.25, 0.3) is 0 Å². The summed E-state index contributed by atoms with van der Waals surface area (Å²) in [5.41, 5.74) is 0. The Bertz CT molecular complexity index is 261. The van der Waals surface area contributed by atoms with E-state index in [1.54, 1.807) is 0 Å². The van der Waals surface area contributed by atoms with Crippen LogP contribution in [0.3, 0.4) is 0 Å². The van der Waals surface area contributed by atoms with Gasteiger partial charge in [0.05, 0.1) is 0 Å². The van der Waals surface area contributed by atoms with Gasteiger partial charge in [-0.15, -0.1) is 0 Å². The Morgan fingerprint density at radius 2 is 2.00 bits per heavy atom. The number of carbonyl (C=O) groups is 1. The molecule has 1 saturated carbocycles. The summed E-state index contributed by atoms with van der Waals surface area (Å²) in [6.45, 7) is 3.96. The molecule has 2 fully saturated rings. The van der Waals surface area contributed by atoms with E-state index < -0.39 is 0 Å². The summed E-state index contributed by atoms with van der Waals surface area (Å²) in [5.74, 6) is 1.39. The molecule has 17 heavy (non-hydrogen) atoms. The molecule has 2 atom stereocenters. The number of amides is 1. The third kappa shape index (κ3) is 3.01. The molecular formula is C14H26N2O. The third-order valence-electron chi connectivity index (χ3n) is 4.56. The molecule has 1 aliphatic carbocycles. The summed E-state index contributed by atoms with van der Waals surface area (Å²) in [6.07, 6.45) is 7.66. The van der Waals surface area contributed by atoms with Gasteiger partial charge in [-0.25, -0.2) is 0 Å². The van der Waals surface area contributed by atoms with Crippen molar-refractivity contribution < 1.29 is 4.79 Å². The second kappa shape index (κ2) is 5.85. The largest absolute Gasteiger partial charge is 0.341 e. The molecule has 3 nitrogen and oxygen atoms in total. The van der Waals surface area contributed by atoms with Crippen LogP contribution in [0.5, 0.6) is 0 Å². The monoisotopic (exact) mass is 238 g/mol. The molecule has 0 bridgehead atoms. The Morgan fingerprint density at radius 1 is 1.29 bits per heavy atom. The van der Waals surface area contributed by atoms with Crippen molar-refractivity contribution in [2.75, 3.05) is 20.1 Å². The average molecular weight is 238 g/mol. The van der Waals surface area contributed by atoms with Crippen molar-refractivity contribution in [3.8, 4) is 0 Å². The number of hydrogen-bond donors (Lipinski definition) is 1. The van der Waals surface area contributed by atoms with Gasteiger partial charge in [0, 0.05) is 25.0 Å². The van der Waals surface area contributed by atoms with Gasteiger partial charge in [-0.2, -0.15) is 0 Å². The summed E-state index contributed by atoms with van der Waals surface area (Å²) < 4.78 is 0. The van der Waals surface area contributed by atoms with Crippen LogP contribution in [-0.4, -0.2) is 37.0 Å². The van der Waals surface area contributed by atoms with Gasteiger partial charge in [0.15, 0.2) is 0 Å². The molecule has 1 N–H and O–H groups in total. The number of nitrogens with one attached hydrogen (secondary N) is 1. The van der Waals surface area contributed by atoms with Crippen molar-refractivity contribution in [3.05, 3.63) is 0 Å². The van der Waals surface area contributed by atoms with Crippen LogP contribution < -0.4 is 5.32 Å². The minimum atomic E-state index is 0.241. The molecule has 1 amide bonds. The quantitative estimate of drug-likeness (QED) is 0.812. The van der Waals surface area contributed by atoms with Crippen molar-refractivity contribution in [1.29, 1.82) is 0 Å². The lowest BCUT2D eigenvalue weighted by atomic mass is 9.94. The Hall–Kier alpha value is -0.570. The average Bonchev–Trinajstić information content (AvgIpc) is 2.85. The van der Waals surface area contributed by atoms with Crippen LogP contribution in [0.25, 0.3) is 0 Å². The number of rotatable bonds is 4. The highest BCUT2D eigenvalue weighted by molar-refractivity contribution is 5.79. The number of carbonyl (C=O) groups excluding carboxylic acids is 1. The van der Waals surface area contributed by atoms with Crippen molar-refractivity contribution in [3.63, 3.8) is 0 Å². The van der Waals surface area contributed by atoms with Gasteiger partial charge in [-0.05, 0) is 38.6 Å². The second-order valence-corrected chi connectivity index (χ2v) is 5.77. The third-order valence-corrected chi connectivity index (χ3v) is 4.56. The smallest absolute Gasteiger partial charge is 0.225 e. The highest BCUT2D eigenvalue weighted by Crippen LogP contribution is 2.28. The molecule has 2 aliphatic rings. The lowest BCUT2D eigenvalue weighted by molar-refractivity contribution is -0.138.